The molecule has 18 heteroatoms. The summed E-state index contributed by atoms with van der Waals surface area (Å²) in [5.41, 5.74) is 11.4. The molecule has 4 rings (SSSR count). The van der Waals surface area contributed by atoms with Gasteiger partial charge in [-0.1, -0.05) is 13.3 Å². The normalized spacial score (nSPS) is 36.6. The number of nitrogens with two attached hydrogens (primary N) is 2. The Labute approximate surface area is 185 Å². The number of cyclic esters (lactones) is 2. The first-order valence-electron chi connectivity index (χ1n) is 9.16. The summed E-state index contributed by atoms with van der Waals surface area (Å²) in [6.45, 7) is 1.50. The molecule has 3 spiro atoms. The van der Waals surface area contributed by atoms with E-state index in [-0.39, 0.29) is 12.8 Å². The van der Waals surface area contributed by atoms with Crippen molar-refractivity contribution in [3.8, 4) is 0 Å². The molecule has 4 fully saturated rings. The second kappa shape index (κ2) is 6.84. The van der Waals surface area contributed by atoms with E-state index in [1.54, 1.807) is 0 Å². The number of hydrogen-bond donors (Lipinski definition) is 2. The van der Waals surface area contributed by atoms with E-state index in [4.69, 9.17) is 44.6 Å². The molecule has 0 amide bonds. The Morgan fingerprint density at radius 1 is 0.588 bits per heavy atom. The average Bonchev–Trinajstić information content (AvgIpc) is 2.73. The average molecular weight is 488 g/mol. The fourth-order valence-electron chi connectivity index (χ4n) is 3.67. The zero-order chi connectivity index (χ0) is 25.3. The molecular formula is C16H12N2O16. The number of rotatable bonds is 2. The van der Waals surface area contributed by atoms with Crippen LogP contribution < -0.4 is 11.5 Å². The molecule has 4 unspecified atom stereocenters. The second-order valence-corrected chi connectivity index (χ2v) is 7.10. The van der Waals surface area contributed by atoms with E-state index in [1.807, 2.05) is 0 Å². The summed E-state index contributed by atoms with van der Waals surface area (Å²) in [7, 11) is 0. The molecule has 0 radical (unpaired) electrons. The minimum Gasteiger partial charge on any atom is -0.445 e. The highest BCUT2D eigenvalue weighted by Gasteiger charge is 2.93. The summed E-state index contributed by atoms with van der Waals surface area (Å²) in [5, 5.41) is 0. The third-order valence-electron chi connectivity index (χ3n) is 4.99. The summed E-state index contributed by atoms with van der Waals surface area (Å²) in [6.07, 6.45) is -2.28. The zero-order valence-electron chi connectivity index (χ0n) is 16.7. The molecule has 0 aromatic heterocycles. The number of esters is 8. The van der Waals surface area contributed by atoms with Crippen LogP contribution in [-0.4, -0.2) is 77.1 Å². The Hall–Kier alpha value is -4.32. The van der Waals surface area contributed by atoms with E-state index in [2.05, 4.69) is 4.74 Å². The lowest BCUT2D eigenvalue weighted by molar-refractivity contribution is -0.501. The standard InChI is InChI=1S/C16H12N2O16/c1-2-3-4-13(28-6(20)5(19)27-4)14(30-8(22)7(21)29-13)15(32-10(24)9(23)31-14)16(17,18)34-12(26)11(25)33-15/h4H,2-3,17-18H2,1H3. The fraction of sp³-hybridized carbons (Fsp3) is 0.500. The van der Waals surface area contributed by atoms with Crippen molar-refractivity contribution in [1.82, 2.24) is 0 Å². The fourth-order valence-corrected chi connectivity index (χ4v) is 3.67. The molecule has 0 aliphatic carbocycles. The highest BCUT2D eigenvalue weighted by Crippen LogP contribution is 2.55. The van der Waals surface area contributed by atoms with Crippen molar-refractivity contribution in [2.24, 2.45) is 11.5 Å². The predicted octanol–water partition coefficient (Wildman–Crippen LogP) is -4.78. The van der Waals surface area contributed by atoms with Crippen molar-refractivity contribution in [3.05, 3.63) is 0 Å². The van der Waals surface area contributed by atoms with Gasteiger partial charge in [0.05, 0.1) is 0 Å². The molecule has 0 aromatic rings. The molecule has 4 N–H and O–H groups in total. The summed E-state index contributed by atoms with van der Waals surface area (Å²) in [5.74, 6) is -29.4. The molecule has 4 heterocycles. The van der Waals surface area contributed by atoms with Crippen LogP contribution in [0, 0.1) is 0 Å². The van der Waals surface area contributed by atoms with E-state index in [0.717, 1.165) is 0 Å². The van der Waals surface area contributed by atoms with Gasteiger partial charge in [0.1, 0.15) is 0 Å². The summed E-state index contributed by atoms with van der Waals surface area (Å²) >= 11 is 0. The molecule has 4 aliphatic heterocycles. The SMILES string of the molecule is CCCC1OC(=O)C(=O)OC12OC(=O)C(=O)OC21OC(=O)C(=O)OC12OC(=O)C(=O)OC2(N)N. The molecule has 4 saturated heterocycles. The maximum atomic E-state index is 12.3. The minimum absolute atomic E-state index is 0.0741. The Morgan fingerprint density at radius 2 is 0.971 bits per heavy atom. The minimum atomic E-state index is -3.74. The number of ether oxygens (including phenoxy) is 8. The molecule has 182 valence electrons. The maximum Gasteiger partial charge on any atom is 0.427 e. The Balaban J connectivity index is 2.07. The van der Waals surface area contributed by atoms with Crippen molar-refractivity contribution < 1.29 is 76.3 Å². The van der Waals surface area contributed by atoms with Gasteiger partial charge in [-0.2, -0.15) is 0 Å². The van der Waals surface area contributed by atoms with Gasteiger partial charge < -0.3 is 37.9 Å². The van der Waals surface area contributed by atoms with Gasteiger partial charge >= 0.3 is 71.0 Å². The second-order valence-electron chi connectivity index (χ2n) is 7.10. The highest BCUT2D eigenvalue weighted by atomic mass is 16.9. The maximum absolute atomic E-state index is 12.3. The van der Waals surface area contributed by atoms with E-state index in [9.17, 15) is 38.4 Å². The van der Waals surface area contributed by atoms with Crippen LogP contribution in [0.5, 0.6) is 0 Å². The molecule has 0 aromatic carbocycles. The summed E-state index contributed by atoms with van der Waals surface area (Å²) < 4.78 is 38.6. The first kappa shape index (κ1) is 22.9. The third-order valence-corrected chi connectivity index (χ3v) is 4.99. The molecule has 4 aliphatic rings. The summed E-state index contributed by atoms with van der Waals surface area (Å²) in [6, 6.07) is 0. The largest absolute Gasteiger partial charge is 0.445 e. The predicted molar refractivity (Wildman–Crippen MR) is 86.7 cm³/mol. The first-order valence-corrected chi connectivity index (χ1v) is 9.16. The van der Waals surface area contributed by atoms with Crippen molar-refractivity contribution in [2.75, 3.05) is 0 Å². The lowest BCUT2D eigenvalue weighted by atomic mass is 9.83. The summed E-state index contributed by atoms with van der Waals surface area (Å²) in [4.78, 5) is 96.8. The van der Waals surface area contributed by atoms with Crippen LogP contribution in [0.25, 0.3) is 0 Å². The monoisotopic (exact) mass is 488 g/mol. The Kier molecular flexibility index (Phi) is 4.60. The molecule has 34 heavy (non-hydrogen) atoms. The topological polar surface area (TPSA) is 262 Å². The van der Waals surface area contributed by atoms with Crippen molar-refractivity contribution in [2.45, 2.75) is 49.1 Å². The molecule has 18 nitrogen and oxygen atoms in total. The highest BCUT2D eigenvalue weighted by molar-refractivity contribution is 6.34. The van der Waals surface area contributed by atoms with E-state index in [1.165, 1.54) is 6.92 Å². The molecule has 0 bridgehead atoms. The van der Waals surface area contributed by atoms with Gasteiger partial charge in [0.15, 0.2) is 6.10 Å². The van der Waals surface area contributed by atoms with E-state index < -0.39 is 77.1 Å². The van der Waals surface area contributed by atoms with Gasteiger partial charge in [-0.15, -0.1) is 0 Å². The van der Waals surface area contributed by atoms with Crippen LogP contribution in [0.15, 0.2) is 0 Å². The third kappa shape index (κ3) is 2.62. The lowest BCUT2D eigenvalue weighted by Gasteiger charge is -2.59. The van der Waals surface area contributed by atoms with Crippen LogP contribution in [-0.2, 0) is 76.3 Å². The van der Waals surface area contributed by atoms with E-state index in [0.29, 0.717) is 0 Å². The Morgan fingerprint density at radius 3 is 1.44 bits per heavy atom. The first-order chi connectivity index (χ1) is 15.8. The molecule has 4 atom stereocenters. The lowest BCUT2D eigenvalue weighted by Crippen LogP contribution is -2.92. The zero-order valence-corrected chi connectivity index (χ0v) is 16.7. The van der Waals surface area contributed by atoms with Gasteiger partial charge in [-0.3, -0.25) is 11.5 Å². The van der Waals surface area contributed by atoms with Crippen LogP contribution >= 0.6 is 0 Å². The number of fused-ring (bicyclic) bond motifs is 2. The van der Waals surface area contributed by atoms with Gasteiger partial charge in [0, 0.05) is 0 Å². The van der Waals surface area contributed by atoms with Crippen LogP contribution in [0.4, 0.5) is 0 Å². The smallest absolute Gasteiger partial charge is 0.427 e. The molecule has 0 saturated carbocycles. The van der Waals surface area contributed by atoms with Gasteiger partial charge in [-0.05, 0) is 6.42 Å². The number of hydrogen-bond acceptors (Lipinski definition) is 18. The Bertz CT molecular complexity index is 1060. The number of carbonyl (C=O) groups is 8. The van der Waals surface area contributed by atoms with Crippen molar-refractivity contribution >= 4 is 47.8 Å². The van der Waals surface area contributed by atoms with Crippen molar-refractivity contribution in [1.29, 1.82) is 0 Å². The van der Waals surface area contributed by atoms with Gasteiger partial charge in [0.2, 0.25) is 0 Å². The quantitative estimate of drug-likeness (QED) is 0.160. The molecular weight excluding hydrogens is 476 g/mol. The van der Waals surface area contributed by atoms with Crippen molar-refractivity contribution in [3.63, 3.8) is 0 Å². The van der Waals surface area contributed by atoms with Gasteiger partial charge in [-0.25, -0.2) is 38.4 Å². The number of carbonyl (C=O) groups excluding carboxylic acids is 8. The van der Waals surface area contributed by atoms with Crippen LogP contribution in [0.3, 0.4) is 0 Å². The van der Waals surface area contributed by atoms with Crippen LogP contribution in [0.2, 0.25) is 0 Å². The van der Waals surface area contributed by atoms with Crippen LogP contribution in [0.1, 0.15) is 19.8 Å². The van der Waals surface area contributed by atoms with E-state index >= 15 is 0 Å². The van der Waals surface area contributed by atoms with Gasteiger partial charge in [0.25, 0.3) is 0 Å².